The van der Waals surface area contributed by atoms with Gasteiger partial charge in [0.1, 0.15) is 11.6 Å². The van der Waals surface area contributed by atoms with Crippen LogP contribution in [0.1, 0.15) is 24.6 Å². The molecule has 1 saturated heterocycles. The fourth-order valence-electron chi connectivity index (χ4n) is 4.79. The minimum atomic E-state index is -4.75. The van der Waals surface area contributed by atoms with Gasteiger partial charge in [-0.05, 0) is 73.5 Å². The molecule has 4 aromatic rings. The number of carbonyl (C=O) groups is 1. The molecular formula is C28H28F3N5O2. The summed E-state index contributed by atoms with van der Waals surface area (Å²) in [6.07, 6.45) is -1.12. The van der Waals surface area contributed by atoms with Gasteiger partial charge in [-0.3, -0.25) is 0 Å². The van der Waals surface area contributed by atoms with Gasteiger partial charge < -0.3 is 24.3 Å². The van der Waals surface area contributed by atoms with Gasteiger partial charge in [0.2, 0.25) is 0 Å². The van der Waals surface area contributed by atoms with Gasteiger partial charge >= 0.3 is 12.4 Å². The molecule has 1 aliphatic rings. The van der Waals surface area contributed by atoms with Crippen molar-refractivity contribution >= 4 is 22.9 Å². The number of carbonyl (C=O) groups excluding carboxylic acids is 1. The van der Waals surface area contributed by atoms with E-state index in [2.05, 4.69) is 10.1 Å². The molecule has 5 rings (SSSR count). The van der Waals surface area contributed by atoms with Crippen LogP contribution < -0.4 is 15.0 Å². The van der Waals surface area contributed by atoms with E-state index in [1.165, 1.54) is 12.1 Å². The number of nitrogens with one attached hydrogen (secondary N) is 1. The van der Waals surface area contributed by atoms with Crippen LogP contribution in [0.25, 0.3) is 16.8 Å². The van der Waals surface area contributed by atoms with E-state index >= 15 is 0 Å². The molecule has 2 aromatic heterocycles. The van der Waals surface area contributed by atoms with Crippen LogP contribution in [-0.2, 0) is 0 Å². The number of aromatic nitrogens is 2. The summed E-state index contributed by atoms with van der Waals surface area (Å²) in [5.74, 6) is 0.538. The summed E-state index contributed by atoms with van der Waals surface area (Å²) in [5, 5.41) is 2.99. The first kappa shape index (κ1) is 25.4. The minimum absolute atomic E-state index is 0.00195. The fourth-order valence-corrected chi connectivity index (χ4v) is 4.79. The summed E-state index contributed by atoms with van der Waals surface area (Å²) >= 11 is 0. The Balaban J connectivity index is 1.36. The number of likely N-dealkylation sites (tertiary alicyclic amines) is 1. The highest BCUT2D eigenvalue weighted by Gasteiger charge is 2.31. The molecule has 7 nitrogen and oxygen atoms in total. The highest BCUT2D eigenvalue weighted by atomic mass is 19.4. The van der Waals surface area contributed by atoms with Gasteiger partial charge in [-0.25, -0.2) is 9.78 Å². The zero-order valence-electron chi connectivity index (χ0n) is 21.1. The zero-order valence-corrected chi connectivity index (χ0v) is 21.1. The second-order valence-electron chi connectivity index (χ2n) is 9.50. The van der Waals surface area contributed by atoms with Crippen LogP contribution in [0.5, 0.6) is 5.75 Å². The monoisotopic (exact) mass is 523 g/mol. The molecular weight excluding hydrogens is 495 g/mol. The van der Waals surface area contributed by atoms with Gasteiger partial charge in [0, 0.05) is 56.2 Å². The molecule has 1 fully saturated rings. The van der Waals surface area contributed by atoms with Crippen LogP contribution in [0.15, 0.2) is 72.9 Å². The molecule has 1 N–H and O–H groups in total. The molecule has 0 spiro atoms. The summed E-state index contributed by atoms with van der Waals surface area (Å²) in [7, 11) is 3.92. The molecule has 0 bridgehead atoms. The largest absolute Gasteiger partial charge is 0.573 e. The van der Waals surface area contributed by atoms with Crippen LogP contribution >= 0.6 is 0 Å². The molecule has 0 radical (unpaired) electrons. The molecule has 0 aliphatic carbocycles. The van der Waals surface area contributed by atoms with Gasteiger partial charge in [0.05, 0.1) is 11.2 Å². The number of halogens is 3. The van der Waals surface area contributed by atoms with Crippen molar-refractivity contribution in [2.24, 2.45) is 0 Å². The lowest BCUT2D eigenvalue weighted by Crippen LogP contribution is -2.42. The van der Waals surface area contributed by atoms with E-state index in [-0.39, 0.29) is 17.7 Å². The Labute approximate surface area is 218 Å². The topological polar surface area (TPSA) is 62.1 Å². The summed E-state index contributed by atoms with van der Waals surface area (Å²) in [6, 6.07) is 19.0. The number of fused-ring (bicyclic) bond motifs is 1. The number of alkyl halides is 3. The highest BCUT2D eigenvalue weighted by molar-refractivity contribution is 5.89. The SMILES string of the molecule is CN(C)c1ccc(NC(=O)N2CCC[C@@H](c3nc(-c4ccc(OC(F)(F)F)cc4)c4ccccn34)C2)cc1. The van der Waals surface area contributed by atoms with E-state index < -0.39 is 6.36 Å². The number of amides is 2. The average Bonchev–Trinajstić information content (AvgIpc) is 3.28. The summed E-state index contributed by atoms with van der Waals surface area (Å²) in [4.78, 5) is 21.8. The van der Waals surface area contributed by atoms with Crippen molar-refractivity contribution in [3.63, 3.8) is 0 Å². The molecule has 198 valence electrons. The van der Waals surface area contributed by atoms with Crippen molar-refractivity contribution in [3.05, 3.63) is 78.8 Å². The molecule has 0 saturated carbocycles. The van der Waals surface area contributed by atoms with Crippen molar-refractivity contribution < 1.29 is 22.7 Å². The van der Waals surface area contributed by atoms with E-state index in [0.29, 0.717) is 24.3 Å². The van der Waals surface area contributed by atoms with E-state index in [4.69, 9.17) is 4.98 Å². The number of hydrogen-bond donors (Lipinski definition) is 1. The Bertz CT molecular complexity index is 1420. The van der Waals surface area contributed by atoms with Crippen molar-refractivity contribution in [2.75, 3.05) is 37.4 Å². The Morgan fingerprint density at radius 3 is 2.47 bits per heavy atom. The first-order valence-electron chi connectivity index (χ1n) is 12.3. The van der Waals surface area contributed by atoms with Gasteiger partial charge in [-0.1, -0.05) is 6.07 Å². The number of nitrogens with zero attached hydrogens (tertiary/aromatic N) is 4. The number of pyridine rings is 1. The third-order valence-electron chi connectivity index (χ3n) is 6.65. The number of urea groups is 1. The quantitative estimate of drug-likeness (QED) is 0.330. The number of ether oxygens (including phenoxy) is 1. The number of hydrogen-bond acceptors (Lipinski definition) is 4. The maximum atomic E-state index is 13.1. The van der Waals surface area contributed by atoms with Crippen LogP contribution in [0.3, 0.4) is 0 Å². The van der Waals surface area contributed by atoms with Crippen molar-refractivity contribution in [1.82, 2.24) is 14.3 Å². The van der Waals surface area contributed by atoms with Gasteiger partial charge in [-0.15, -0.1) is 13.2 Å². The molecule has 3 heterocycles. The smallest absolute Gasteiger partial charge is 0.406 e. The van der Waals surface area contributed by atoms with Crippen molar-refractivity contribution in [3.8, 4) is 17.0 Å². The number of rotatable bonds is 5. The maximum Gasteiger partial charge on any atom is 0.573 e. The predicted molar refractivity (Wildman–Crippen MR) is 141 cm³/mol. The average molecular weight is 524 g/mol. The first-order chi connectivity index (χ1) is 18.2. The predicted octanol–water partition coefficient (Wildman–Crippen LogP) is 6.38. The summed E-state index contributed by atoms with van der Waals surface area (Å²) in [6.45, 7) is 1.16. The van der Waals surface area contributed by atoms with Gasteiger partial charge in [-0.2, -0.15) is 0 Å². The Kier molecular flexibility index (Phi) is 6.88. The Morgan fingerprint density at radius 2 is 1.79 bits per heavy atom. The standard InChI is InChI=1S/C28H28F3N5O2/c1-34(2)22-12-10-21(11-13-22)32-27(37)35-16-5-6-20(18-35)26-33-25(24-7-3-4-17-36(24)26)19-8-14-23(15-9-19)38-28(29,30)31/h3-4,7-15,17,20H,5-6,16,18H2,1-2H3,(H,32,37)/t20-/m1/s1. The maximum absolute atomic E-state index is 13.1. The van der Waals surface area contributed by atoms with E-state index in [1.54, 1.807) is 17.0 Å². The van der Waals surface area contributed by atoms with Gasteiger partial charge in [0.15, 0.2) is 0 Å². The van der Waals surface area contributed by atoms with Crippen molar-refractivity contribution in [1.29, 1.82) is 0 Å². The lowest BCUT2D eigenvalue weighted by Gasteiger charge is -2.32. The summed E-state index contributed by atoms with van der Waals surface area (Å²) in [5.41, 5.74) is 3.97. The van der Waals surface area contributed by atoms with Crippen LogP contribution in [0.2, 0.25) is 0 Å². The molecule has 0 unspecified atom stereocenters. The number of piperidine rings is 1. The lowest BCUT2D eigenvalue weighted by atomic mass is 9.97. The zero-order chi connectivity index (χ0) is 26.9. The second kappa shape index (κ2) is 10.3. The van der Waals surface area contributed by atoms with Crippen molar-refractivity contribution in [2.45, 2.75) is 25.1 Å². The van der Waals surface area contributed by atoms with E-state index in [9.17, 15) is 18.0 Å². The first-order valence-corrected chi connectivity index (χ1v) is 12.3. The van der Waals surface area contributed by atoms with Gasteiger partial charge in [0.25, 0.3) is 0 Å². The number of anilines is 2. The third-order valence-corrected chi connectivity index (χ3v) is 6.65. The summed E-state index contributed by atoms with van der Waals surface area (Å²) < 4.78 is 43.7. The van der Waals surface area contributed by atoms with Crippen LogP contribution in [0.4, 0.5) is 29.3 Å². The Morgan fingerprint density at radius 1 is 1.05 bits per heavy atom. The number of imidazole rings is 1. The van der Waals surface area contributed by atoms with E-state index in [0.717, 1.165) is 35.6 Å². The molecule has 2 amide bonds. The van der Waals surface area contributed by atoms with E-state index in [1.807, 2.05) is 72.1 Å². The third kappa shape index (κ3) is 5.53. The molecule has 10 heteroatoms. The highest BCUT2D eigenvalue weighted by Crippen LogP contribution is 2.33. The molecule has 38 heavy (non-hydrogen) atoms. The minimum Gasteiger partial charge on any atom is -0.406 e. The molecule has 1 aliphatic heterocycles. The van der Waals surface area contributed by atoms with Crippen LogP contribution in [0, 0.1) is 0 Å². The van der Waals surface area contributed by atoms with Crippen LogP contribution in [-0.4, -0.2) is 53.9 Å². The molecule has 2 aromatic carbocycles. The second-order valence-corrected chi connectivity index (χ2v) is 9.50. The lowest BCUT2D eigenvalue weighted by molar-refractivity contribution is -0.274. The molecule has 1 atom stereocenters. The fraction of sp³-hybridized carbons (Fsp3) is 0.286. The Hall–Kier alpha value is -4.21. The number of benzene rings is 2. The normalized spacial score (nSPS) is 15.9.